The number of nitrogens with zero attached hydrogens (tertiary/aromatic N) is 2. The van der Waals surface area contributed by atoms with Gasteiger partial charge in [-0.3, -0.25) is 0 Å². The third-order valence-electron chi connectivity index (χ3n) is 1.77. The van der Waals surface area contributed by atoms with Crippen molar-refractivity contribution in [2.45, 2.75) is 6.42 Å². The van der Waals surface area contributed by atoms with Gasteiger partial charge >= 0.3 is 0 Å². The maximum absolute atomic E-state index is 3.72. The van der Waals surface area contributed by atoms with Gasteiger partial charge in [-0.15, -0.1) is 0 Å². The van der Waals surface area contributed by atoms with Crippen molar-refractivity contribution in [3.05, 3.63) is 25.6 Å². The first-order valence-corrected chi connectivity index (χ1v) is 3.60. The molecule has 0 aromatic heterocycles. The summed E-state index contributed by atoms with van der Waals surface area (Å²) in [6.45, 7) is 10.7. The fourth-order valence-electron chi connectivity index (χ4n) is 1.15. The molecule has 0 unspecified atom stereocenters. The first-order valence-electron chi connectivity index (χ1n) is 3.60. The summed E-state index contributed by atoms with van der Waals surface area (Å²) in [5.41, 5.74) is 0. The van der Waals surface area contributed by atoms with E-state index >= 15 is 0 Å². The normalized spacial score (nSPS) is 18.8. The second-order valence-corrected chi connectivity index (χ2v) is 2.48. The Bertz CT molecular complexity index is 117. The molecule has 56 valence electrons. The van der Waals surface area contributed by atoms with Gasteiger partial charge in [0.2, 0.25) is 0 Å². The maximum atomic E-state index is 3.72. The molecule has 1 rings (SSSR count). The number of rotatable bonds is 2. The zero-order valence-electron chi connectivity index (χ0n) is 6.29. The summed E-state index contributed by atoms with van der Waals surface area (Å²) in [5, 5.41) is 0. The molecule has 1 aliphatic rings. The maximum Gasteiger partial charge on any atom is 0.0892 e. The van der Waals surface area contributed by atoms with Crippen molar-refractivity contribution in [3.8, 4) is 0 Å². The van der Waals surface area contributed by atoms with Crippen LogP contribution in [0.5, 0.6) is 0 Å². The van der Waals surface area contributed by atoms with E-state index in [4.69, 9.17) is 0 Å². The zero-order chi connectivity index (χ0) is 7.40. The van der Waals surface area contributed by atoms with E-state index in [0.717, 1.165) is 19.8 Å². The third-order valence-corrected chi connectivity index (χ3v) is 1.77. The molecule has 0 aromatic carbocycles. The molecule has 1 heterocycles. The monoisotopic (exact) mass is 138 g/mol. The van der Waals surface area contributed by atoms with Crippen LogP contribution >= 0.6 is 0 Å². The molecule has 0 aromatic rings. The second kappa shape index (κ2) is 3.30. The Morgan fingerprint density at radius 3 is 1.90 bits per heavy atom. The van der Waals surface area contributed by atoms with Gasteiger partial charge in [0.1, 0.15) is 0 Å². The molecule has 0 aliphatic carbocycles. The van der Waals surface area contributed by atoms with Crippen LogP contribution < -0.4 is 0 Å². The molecule has 2 heteroatoms. The Hall–Kier alpha value is -0.920. The van der Waals surface area contributed by atoms with Crippen LogP contribution in [0.15, 0.2) is 25.6 Å². The van der Waals surface area contributed by atoms with Gasteiger partial charge in [0.05, 0.1) is 6.67 Å². The Morgan fingerprint density at radius 1 is 1.00 bits per heavy atom. The van der Waals surface area contributed by atoms with Gasteiger partial charge < -0.3 is 9.80 Å². The first kappa shape index (κ1) is 7.19. The minimum absolute atomic E-state index is 0.951. The van der Waals surface area contributed by atoms with Crippen LogP contribution in [0.2, 0.25) is 0 Å². The molecule has 0 amide bonds. The van der Waals surface area contributed by atoms with Gasteiger partial charge in [-0.25, -0.2) is 0 Å². The lowest BCUT2D eigenvalue weighted by molar-refractivity contribution is 0.172. The summed E-state index contributed by atoms with van der Waals surface area (Å²) in [6, 6.07) is 0. The van der Waals surface area contributed by atoms with E-state index in [9.17, 15) is 0 Å². The average molecular weight is 138 g/mol. The minimum Gasteiger partial charge on any atom is -0.361 e. The SMILES string of the molecule is C=CN1CCCN(C=C)C1. The molecule has 1 aliphatic heterocycles. The molecule has 10 heavy (non-hydrogen) atoms. The van der Waals surface area contributed by atoms with Crippen LogP contribution in [0.4, 0.5) is 0 Å². The predicted octanol–water partition coefficient (Wildman–Crippen LogP) is 1.24. The predicted molar refractivity (Wildman–Crippen MR) is 43.3 cm³/mol. The van der Waals surface area contributed by atoms with Crippen molar-refractivity contribution in [1.82, 2.24) is 9.80 Å². The molecule has 0 saturated carbocycles. The van der Waals surface area contributed by atoms with Crippen LogP contribution in [-0.4, -0.2) is 29.6 Å². The summed E-state index contributed by atoms with van der Waals surface area (Å²) >= 11 is 0. The van der Waals surface area contributed by atoms with E-state index in [1.807, 2.05) is 12.4 Å². The molecule has 0 radical (unpaired) electrons. The van der Waals surface area contributed by atoms with Crippen LogP contribution in [0, 0.1) is 0 Å². The van der Waals surface area contributed by atoms with Crippen LogP contribution in [0.3, 0.4) is 0 Å². The van der Waals surface area contributed by atoms with Crippen molar-refractivity contribution >= 4 is 0 Å². The highest BCUT2D eigenvalue weighted by molar-refractivity contribution is 4.80. The van der Waals surface area contributed by atoms with Crippen molar-refractivity contribution in [2.75, 3.05) is 19.8 Å². The summed E-state index contributed by atoms with van der Waals surface area (Å²) in [6.07, 6.45) is 4.98. The first-order chi connectivity index (χ1) is 4.86. The van der Waals surface area contributed by atoms with E-state index in [1.54, 1.807) is 0 Å². The Morgan fingerprint density at radius 2 is 1.50 bits per heavy atom. The standard InChI is InChI=1S/C8H14N2/c1-3-9-6-5-7-10(4-2)8-9/h3-4H,1-2,5-8H2. The smallest absolute Gasteiger partial charge is 0.0892 e. The van der Waals surface area contributed by atoms with E-state index in [2.05, 4.69) is 23.0 Å². The van der Waals surface area contributed by atoms with Crippen molar-refractivity contribution in [1.29, 1.82) is 0 Å². The Balaban J connectivity index is 2.38. The summed E-state index contributed by atoms with van der Waals surface area (Å²) in [4.78, 5) is 4.37. The van der Waals surface area contributed by atoms with Crippen LogP contribution in [0.1, 0.15) is 6.42 Å². The Kier molecular flexibility index (Phi) is 2.37. The molecule has 1 saturated heterocycles. The van der Waals surface area contributed by atoms with Crippen LogP contribution in [0.25, 0.3) is 0 Å². The third kappa shape index (κ3) is 1.53. The zero-order valence-corrected chi connectivity index (χ0v) is 6.29. The lowest BCUT2D eigenvalue weighted by Crippen LogP contribution is -2.38. The topological polar surface area (TPSA) is 6.48 Å². The largest absolute Gasteiger partial charge is 0.361 e. The van der Waals surface area contributed by atoms with Crippen molar-refractivity contribution in [3.63, 3.8) is 0 Å². The van der Waals surface area contributed by atoms with Crippen LogP contribution in [-0.2, 0) is 0 Å². The van der Waals surface area contributed by atoms with Gasteiger partial charge in [-0.2, -0.15) is 0 Å². The number of hydrogen-bond acceptors (Lipinski definition) is 2. The molecule has 1 fully saturated rings. The van der Waals surface area contributed by atoms with Gasteiger partial charge in [-0.05, 0) is 18.8 Å². The molecule has 2 nitrogen and oxygen atoms in total. The molecular formula is C8H14N2. The number of hydrogen-bond donors (Lipinski definition) is 0. The lowest BCUT2D eigenvalue weighted by atomic mass is 10.3. The van der Waals surface area contributed by atoms with Gasteiger partial charge in [0.15, 0.2) is 0 Å². The Labute approximate surface area is 62.4 Å². The van der Waals surface area contributed by atoms with Crippen molar-refractivity contribution in [2.24, 2.45) is 0 Å². The highest BCUT2D eigenvalue weighted by Gasteiger charge is 2.09. The van der Waals surface area contributed by atoms with E-state index in [0.29, 0.717) is 0 Å². The van der Waals surface area contributed by atoms with E-state index in [-0.39, 0.29) is 0 Å². The van der Waals surface area contributed by atoms with E-state index in [1.165, 1.54) is 6.42 Å². The quantitative estimate of drug-likeness (QED) is 0.566. The van der Waals surface area contributed by atoms with Gasteiger partial charge in [-0.1, -0.05) is 13.2 Å². The van der Waals surface area contributed by atoms with Gasteiger partial charge in [0, 0.05) is 13.1 Å². The summed E-state index contributed by atoms with van der Waals surface area (Å²) < 4.78 is 0. The minimum atomic E-state index is 0.951. The molecule has 0 spiro atoms. The van der Waals surface area contributed by atoms with Crippen molar-refractivity contribution < 1.29 is 0 Å². The molecule has 0 atom stereocenters. The fourth-order valence-corrected chi connectivity index (χ4v) is 1.15. The second-order valence-electron chi connectivity index (χ2n) is 2.48. The highest BCUT2D eigenvalue weighted by Crippen LogP contribution is 2.04. The summed E-state index contributed by atoms with van der Waals surface area (Å²) in [7, 11) is 0. The molecule has 0 bridgehead atoms. The van der Waals surface area contributed by atoms with Gasteiger partial charge in [0.25, 0.3) is 0 Å². The average Bonchev–Trinajstić information content (AvgIpc) is 2.05. The highest BCUT2D eigenvalue weighted by atomic mass is 15.3. The lowest BCUT2D eigenvalue weighted by Gasteiger charge is -2.33. The summed E-state index contributed by atoms with van der Waals surface area (Å²) in [5.74, 6) is 0. The molecule has 0 N–H and O–H groups in total. The fraction of sp³-hybridized carbons (Fsp3) is 0.500. The van der Waals surface area contributed by atoms with E-state index < -0.39 is 0 Å². The molecular weight excluding hydrogens is 124 g/mol.